The fourth-order valence-electron chi connectivity index (χ4n) is 3.48. The molecule has 2 aliphatic rings. The lowest BCUT2D eigenvalue weighted by Crippen LogP contribution is -2.53. The van der Waals surface area contributed by atoms with Crippen LogP contribution in [-0.4, -0.2) is 66.6 Å². The number of carbonyl (C=O) groups is 1. The molecule has 0 unspecified atom stereocenters. The predicted octanol–water partition coefficient (Wildman–Crippen LogP) is 1.25. The molecule has 132 valence electrons. The molecule has 0 spiro atoms. The molecule has 1 saturated heterocycles. The topological polar surface area (TPSA) is 55.8 Å². The Morgan fingerprint density at radius 3 is 2.42 bits per heavy atom. The monoisotopic (exact) mass is 331 g/mol. The minimum Gasteiger partial charge on any atom is -0.388 e. The van der Waals surface area contributed by atoms with Crippen LogP contribution in [0, 0.1) is 5.41 Å². The van der Waals surface area contributed by atoms with Gasteiger partial charge in [0.15, 0.2) is 0 Å². The van der Waals surface area contributed by atoms with Crippen molar-refractivity contribution < 1.29 is 9.90 Å². The van der Waals surface area contributed by atoms with Gasteiger partial charge in [0.25, 0.3) is 0 Å². The number of rotatable bonds is 6. The van der Waals surface area contributed by atoms with Crippen molar-refractivity contribution >= 4 is 5.91 Å². The van der Waals surface area contributed by atoms with Crippen LogP contribution < -0.4 is 5.32 Å². The molecule has 1 aromatic carbocycles. The summed E-state index contributed by atoms with van der Waals surface area (Å²) in [6.45, 7) is 6.42. The molecule has 2 fully saturated rings. The Bertz CT molecular complexity index is 551. The van der Waals surface area contributed by atoms with Gasteiger partial charge in [-0.15, -0.1) is 0 Å². The first kappa shape index (κ1) is 17.4. The van der Waals surface area contributed by atoms with E-state index in [1.807, 2.05) is 37.3 Å². The number of hydrogen-bond acceptors (Lipinski definition) is 4. The highest BCUT2D eigenvalue weighted by Gasteiger charge is 2.49. The molecule has 1 amide bonds. The number of piperazine rings is 1. The summed E-state index contributed by atoms with van der Waals surface area (Å²) < 4.78 is 0. The maximum Gasteiger partial charge on any atom is 0.237 e. The van der Waals surface area contributed by atoms with Gasteiger partial charge < -0.3 is 15.3 Å². The second-order valence-corrected chi connectivity index (χ2v) is 7.41. The van der Waals surface area contributed by atoms with E-state index in [0.29, 0.717) is 6.54 Å². The maximum atomic E-state index is 12.5. The Hall–Kier alpha value is -1.43. The summed E-state index contributed by atoms with van der Waals surface area (Å²) in [5.74, 6) is 0.0751. The van der Waals surface area contributed by atoms with Crippen molar-refractivity contribution in [3.8, 4) is 0 Å². The number of nitrogens with zero attached hydrogens (tertiary/aromatic N) is 2. The van der Waals surface area contributed by atoms with E-state index in [9.17, 15) is 9.90 Å². The summed E-state index contributed by atoms with van der Waals surface area (Å²) in [5, 5.41) is 13.8. The Morgan fingerprint density at radius 1 is 1.21 bits per heavy atom. The largest absolute Gasteiger partial charge is 0.388 e. The van der Waals surface area contributed by atoms with Crippen LogP contribution in [0.25, 0.3) is 0 Å². The molecule has 1 saturated carbocycles. The second kappa shape index (κ2) is 7.21. The third-order valence-electron chi connectivity index (χ3n) is 5.67. The zero-order valence-electron chi connectivity index (χ0n) is 14.7. The van der Waals surface area contributed by atoms with Crippen LogP contribution in [0.3, 0.4) is 0 Å². The standard InChI is InChI=1S/C19H29N3O2/c1-15(22-12-10-21(2)11-13-22)18(24)20-14-19(8-9-19)17(23)16-6-4-3-5-7-16/h3-7,15,17,23H,8-14H2,1-2H3,(H,20,24)/t15-,17-/m0/s1. The molecule has 24 heavy (non-hydrogen) atoms. The molecule has 2 N–H and O–H groups in total. The van der Waals surface area contributed by atoms with Gasteiger partial charge in [0.1, 0.15) is 0 Å². The first-order valence-corrected chi connectivity index (χ1v) is 8.95. The number of likely N-dealkylation sites (N-methyl/N-ethyl adjacent to an activating group) is 1. The third-order valence-corrected chi connectivity index (χ3v) is 5.67. The Morgan fingerprint density at radius 2 is 1.83 bits per heavy atom. The maximum absolute atomic E-state index is 12.5. The lowest BCUT2D eigenvalue weighted by molar-refractivity contribution is -0.127. The number of aliphatic hydroxyl groups excluding tert-OH is 1. The highest BCUT2D eigenvalue weighted by atomic mass is 16.3. The first-order valence-electron chi connectivity index (χ1n) is 8.95. The first-order chi connectivity index (χ1) is 11.5. The molecule has 1 aliphatic heterocycles. The summed E-state index contributed by atoms with van der Waals surface area (Å²) >= 11 is 0. The van der Waals surface area contributed by atoms with Gasteiger partial charge in [-0.05, 0) is 32.4 Å². The van der Waals surface area contributed by atoms with E-state index in [1.54, 1.807) is 0 Å². The minimum atomic E-state index is -0.502. The van der Waals surface area contributed by atoms with Crippen molar-refractivity contribution in [2.24, 2.45) is 5.41 Å². The third kappa shape index (κ3) is 3.79. The molecular formula is C19H29N3O2. The van der Waals surface area contributed by atoms with E-state index in [4.69, 9.17) is 0 Å². The molecular weight excluding hydrogens is 302 g/mol. The van der Waals surface area contributed by atoms with Gasteiger partial charge in [-0.25, -0.2) is 0 Å². The molecule has 2 atom stereocenters. The van der Waals surface area contributed by atoms with Crippen LogP contribution in [0.2, 0.25) is 0 Å². The molecule has 0 radical (unpaired) electrons. The Kier molecular flexibility index (Phi) is 5.23. The summed E-state index contributed by atoms with van der Waals surface area (Å²) in [5.41, 5.74) is 0.759. The molecule has 3 rings (SSSR count). The van der Waals surface area contributed by atoms with Crippen LogP contribution in [-0.2, 0) is 4.79 Å². The number of aliphatic hydroxyl groups is 1. The van der Waals surface area contributed by atoms with Crippen molar-refractivity contribution in [2.45, 2.75) is 31.9 Å². The van der Waals surface area contributed by atoms with Crippen molar-refractivity contribution in [1.82, 2.24) is 15.1 Å². The Balaban J connectivity index is 1.52. The van der Waals surface area contributed by atoms with E-state index in [-0.39, 0.29) is 17.4 Å². The van der Waals surface area contributed by atoms with Crippen LogP contribution in [0.15, 0.2) is 30.3 Å². The van der Waals surface area contributed by atoms with Gasteiger partial charge in [-0.1, -0.05) is 30.3 Å². The Labute approximate surface area is 144 Å². The zero-order chi connectivity index (χ0) is 17.2. The summed E-state index contributed by atoms with van der Waals surface area (Å²) in [7, 11) is 2.11. The van der Waals surface area contributed by atoms with Crippen molar-refractivity contribution in [1.29, 1.82) is 0 Å². The lowest BCUT2D eigenvalue weighted by atomic mass is 9.92. The molecule has 5 nitrogen and oxygen atoms in total. The smallest absolute Gasteiger partial charge is 0.237 e. The quantitative estimate of drug-likeness (QED) is 0.824. The average molecular weight is 331 g/mol. The molecule has 5 heteroatoms. The molecule has 1 aliphatic carbocycles. The van der Waals surface area contributed by atoms with Gasteiger partial charge in [-0.3, -0.25) is 9.69 Å². The summed E-state index contributed by atoms with van der Waals surface area (Å²) in [6, 6.07) is 9.66. The van der Waals surface area contributed by atoms with E-state index in [0.717, 1.165) is 44.6 Å². The van der Waals surface area contributed by atoms with Crippen molar-refractivity contribution in [2.75, 3.05) is 39.8 Å². The SMILES string of the molecule is C[C@@H](C(=O)NCC1([C@@H](O)c2ccccc2)CC1)N1CCN(C)CC1. The number of amides is 1. The van der Waals surface area contributed by atoms with Gasteiger partial charge in [-0.2, -0.15) is 0 Å². The van der Waals surface area contributed by atoms with Crippen LogP contribution in [0.4, 0.5) is 0 Å². The van der Waals surface area contributed by atoms with Gasteiger partial charge in [0.2, 0.25) is 5.91 Å². The predicted molar refractivity (Wildman–Crippen MR) is 94.6 cm³/mol. The lowest BCUT2D eigenvalue weighted by Gasteiger charge is -2.36. The highest BCUT2D eigenvalue weighted by molar-refractivity contribution is 5.81. The molecule has 0 aromatic heterocycles. The van der Waals surface area contributed by atoms with Crippen LogP contribution >= 0.6 is 0 Å². The number of hydrogen-bond donors (Lipinski definition) is 2. The number of benzene rings is 1. The second-order valence-electron chi connectivity index (χ2n) is 7.41. The highest BCUT2D eigenvalue weighted by Crippen LogP contribution is 2.54. The number of nitrogens with one attached hydrogen (secondary N) is 1. The minimum absolute atomic E-state index is 0.0751. The normalized spacial score (nSPS) is 23.5. The van der Waals surface area contributed by atoms with Gasteiger partial charge in [0.05, 0.1) is 12.1 Å². The zero-order valence-corrected chi connectivity index (χ0v) is 14.7. The van der Waals surface area contributed by atoms with E-state index in [1.165, 1.54) is 0 Å². The van der Waals surface area contributed by atoms with Crippen molar-refractivity contribution in [3.05, 3.63) is 35.9 Å². The van der Waals surface area contributed by atoms with Crippen LogP contribution in [0.1, 0.15) is 31.4 Å². The van der Waals surface area contributed by atoms with Gasteiger partial charge in [0, 0.05) is 38.1 Å². The van der Waals surface area contributed by atoms with E-state index < -0.39 is 6.10 Å². The van der Waals surface area contributed by atoms with Crippen LogP contribution in [0.5, 0.6) is 0 Å². The molecule has 0 bridgehead atoms. The van der Waals surface area contributed by atoms with E-state index >= 15 is 0 Å². The average Bonchev–Trinajstić information content (AvgIpc) is 3.41. The van der Waals surface area contributed by atoms with Gasteiger partial charge >= 0.3 is 0 Å². The van der Waals surface area contributed by atoms with E-state index in [2.05, 4.69) is 22.2 Å². The van der Waals surface area contributed by atoms with Crippen molar-refractivity contribution in [3.63, 3.8) is 0 Å². The number of carbonyl (C=O) groups excluding carboxylic acids is 1. The molecule has 1 aromatic rings. The summed E-state index contributed by atoms with van der Waals surface area (Å²) in [6.07, 6.45) is 1.43. The molecule has 1 heterocycles. The fraction of sp³-hybridized carbons (Fsp3) is 0.632. The summed E-state index contributed by atoms with van der Waals surface area (Å²) in [4.78, 5) is 17.0. The fourth-order valence-corrected chi connectivity index (χ4v) is 3.48.